The number of rotatable bonds is 2. The summed E-state index contributed by atoms with van der Waals surface area (Å²) in [4.78, 5) is 14.9. The molecule has 23 heavy (non-hydrogen) atoms. The molecule has 2 atom stereocenters. The normalized spacial score (nSPS) is 28.5. The molecule has 3 aliphatic rings. The number of nitrogens with zero attached hydrogens (tertiary/aromatic N) is 1. The SMILES string of the molecule is Cc1ccccc1C1CC1C(=O)N1CCC2(CCNC2)CC1.Cl. The molecular formula is C19H27ClN2O. The van der Waals surface area contributed by atoms with E-state index >= 15 is 0 Å². The standard InChI is InChI=1S/C19H26N2O.ClH/c1-14-4-2-3-5-15(14)16-12-17(16)18(22)21-10-7-19(8-11-21)6-9-20-13-19;/h2-5,16-17,20H,6-13H2,1H3;1H. The molecule has 1 N–H and O–H groups in total. The second kappa shape index (κ2) is 6.45. The molecule has 3 fully saturated rings. The summed E-state index contributed by atoms with van der Waals surface area (Å²) < 4.78 is 0. The molecule has 2 aliphatic heterocycles. The van der Waals surface area contributed by atoms with E-state index in [0.29, 0.717) is 17.2 Å². The summed E-state index contributed by atoms with van der Waals surface area (Å²) >= 11 is 0. The lowest BCUT2D eigenvalue weighted by atomic mass is 9.78. The lowest BCUT2D eigenvalue weighted by Gasteiger charge is -2.39. The highest BCUT2D eigenvalue weighted by molar-refractivity contribution is 5.85. The second-order valence-electron chi connectivity index (χ2n) is 7.56. The van der Waals surface area contributed by atoms with E-state index < -0.39 is 0 Å². The maximum atomic E-state index is 12.8. The molecule has 2 heterocycles. The number of amides is 1. The van der Waals surface area contributed by atoms with Crippen molar-refractivity contribution in [1.82, 2.24) is 10.2 Å². The van der Waals surface area contributed by atoms with Crippen molar-refractivity contribution in [2.45, 2.75) is 38.5 Å². The first kappa shape index (κ1) is 16.8. The van der Waals surface area contributed by atoms with Crippen molar-refractivity contribution in [2.24, 2.45) is 11.3 Å². The van der Waals surface area contributed by atoms with E-state index in [2.05, 4.69) is 41.4 Å². The third kappa shape index (κ3) is 3.14. The predicted octanol–water partition coefficient (Wildman–Crippen LogP) is 3.12. The molecule has 3 nitrogen and oxygen atoms in total. The first-order valence-electron chi connectivity index (χ1n) is 8.74. The largest absolute Gasteiger partial charge is 0.342 e. The molecule has 1 aromatic carbocycles. The Morgan fingerprint density at radius 2 is 1.96 bits per heavy atom. The number of piperidine rings is 1. The third-order valence-electron chi connectivity index (χ3n) is 6.16. The quantitative estimate of drug-likeness (QED) is 0.901. The fourth-order valence-corrected chi connectivity index (χ4v) is 4.47. The van der Waals surface area contributed by atoms with Crippen LogP contribution in [0.1, 0.15) is 42.7 Å². The Kier molecular flexibility index (Phi) is 4.70. The number of aryl methyl sites for hydroxylation is 1. The Bertz CT molecular complexity index is 572. The predicted molar refractivity (Wildman–Crippen MR) is 95.0 cm³/mol. The number of likely N-dealkylation sites (tertiary alicyclic amines) is 1. The van der Waals surface area contributed by atoms with Crippen molar-refractivity contribution >= 4 is 18.3 Å². The summed E-state index contributed by atoms with van der Waals surface area (Å²) in [6.07, 6.45) is 4.72. The monoisotopic (exact) mass is 334 g/mol. The minimum Gasteiger partial charge on any atom is -0.342 e. The molecule has 0 aromatic heterocycles. The average molecular weight is 335 g/mol. The Morgan fingerprint density at radius 3 is 2.61 bits per heavy atom. The van der Waals surface area contributed by atoms with Gasteiger partial charge in [-0.15, -0.1) is 12.4 Å². The van der Waals surface area contributed by atoms with E-state index in [1.54, 1.807) is 0 Å². The van der Waals surface area contributed by atoms with E-state index in [9.17, 15) is 4.79 Å². The Hall–Kier alpha value is -1.06. The van der Waals surface area contributed by atoms with Crippen molar-refractivity contribution in [3.05, 3.63) is 35.4 Å². The molecule has 1 amide bonds. The second-order valence-corrected chi connectivity index (χ2v) is 7.56. The van der Waals surface area contributed by atoms with Gasteiger partial charge in [-0.3, -0.25) is 4.79 Å². The molecule has 1 saturated carbocycles. The van der Waals surface area contributed by atoms with E-state index in [-0.39, 0.29) is 18.3 Å². The van der Waals surface area contributed by atoms with E-state index in [1.165, 1.54) is 30.4 Å². The minimum atomic E-state index is 0. The molecule has 1 spiro atoms. The van der Waals surface area contributed by atoms with Crippen LogP contribution in [-0.2, 0) is 4.79 Å². The zero-order valence-electron chi connectivity index (χ0n) is 13.9. The van der Waals surface area contributed by atoms with Gasteiger partial charge in [0.05, 0.1) is 0 Å². The average Bonchev–Trinajstić information content (AvgIpc) is 3.21. The van der Waals surface area contributed by atoms with Gasteiger partial charge in [0.15, 0.2) is 0 Å². The van der Waals surface area contributed by atoms with Crippen LogP contribution in [0, 0.1) is 18.3 Å². The number of hydrogen-bond acceptors (Lipinski definition) is 2. The molecular weight excluding hydrogens is 308 g/mol. The lowest BCUT2D eigenvalue weighted by Crippen LogP contribution is -2.44. The summed E-state index contributed by atoms with van der Waals surface area (Å²) in [5, 5.41) is 3.49. The first-order valence-corrected chi connectivity index (χ1v) is 8.74. The Labute approximate surface area is 145 Å². The summed E-state index contributed by atoms with van der Waals surface area (Å²) in [5.74, 6) is 1.13. The number of nitrogens with one attached hydrogen (secondary N) is 1. The maximum Gasteiger partial charge on any atom is 0.226 e. The molecule has 0 radical (unpaired) electrons. The van der Waals surface area contributed by atoms with Crippen LogP contribution < -0.4 is 5.32 Å². The van der Waals surface area contributed by atoms with Gasteiger partial charge in [0.2, 0.25) is 5.91 Å². The van der Waals surface area contributed by atoms with Gasteiger partial charge in [0.25, 0.3) is 0 Å². The van der Waals surface area contributed by atoms with Crippen LogP contribution in [0.4, 0.5) is 0 Å². The van der Waals surface area contributed by atoms with E-state index in [0.717, 1.165) is 32.6 Å². The van der Waals surface area contributed by atoms with Gasteiger partial charge in [-0.05, 0) is 61.6 Å². The van der Waals surface area contributed by atoms with E-state index in [4.69, 9.17) is 0 Å². The molecule has 2 saturated heterocycles. The smallest absolute Gasteiger partial charge is 0.226 e. The molecule has 126 valence electrons. The van der Waals surface area contributed by atoms with Crippen LogP contribution in [0.2, 0.25) is 0 Å². The molecule has 0 bridgehead atoms. The van der Waals surface area contributed by atoms with Crippen molar-refractivity contribution < 1.29 is 4.79 Å². The van der Waals surface area contributed by atoms with Gasteiger partial charge in [-0.25, -0.2) is 0 Å². The summed E-state index contributed by atoms with van der Waals surface area (Å²) in [7, 11) is 0. The fraction of sp³-hybridized carbons (Fsp3) is 0.632. The highest BCUT2D eigenvalue weighted by Crippen LogP contribution is 2.50. The van der Waals surface area contributed by atoms with Crippen LogP contribution in [0.5, 0.6) is 0 Å². The molecule has 4 rings (SSSR count). The molecule has 1 aliphatic carbocycles. The van der Waals surface area contributed by atoms with Gasteiger partial charge >= 0.3 is 0 Å². The van der Waals surface area contributed by atoms with Crippen LogP contribution in [-0.4, -0.2) is 37.0 Å². The fourth-order valence-electron chi connectivity index (χ4n) is 4.47. The Morgan fingerprint density at radius 1 is 1.22 bits per heavy atom. The number of carbonyl (C=O) groups is 1. The number of hydrogen-bond donors (Lipinski definition) is 1. The van der Waals surface area contributed by atoms with Crippen molar-refractivity contribution in [3.63, 3.8) is 0 Å². The zero-order valence-corrected chi connectivity index (χ0v) is 14.7. The zero-order chi connectivity index (χ0) is 15.2. The minimum absolute atomic E-state index is 0. The highest BCUT2D eigenvalue weighted by atomic mass is 35.5. The van der Waals surface area contributed by atoms with Crippen molar-refractivity contribution in [3.8, 4) is 0 Å². The number of halogens is 1. The summed E-state index contributed by atoms with van der Waals surface area (Å²) in [6, 6.07) is 8.54. The highest BCUT2D eigenvalue weighted by Gasteiger charge is 2.47. The lowest BCUT2D eigenvalue weighted by molar-refractivity contribution is -0.134. The van der Waals surface area contributed by atoms with E-state index in [1.807, 2.05) is 0 Å². The van der Waals surface area contributed by atoms with Gasteiger partial charge in [-0.2, -0.15) is 0 Å². The topological polar surface area (TPSA) is 32.3 Å². The summed E-state index contributed by atoms with van der Waals surface area (Å²) in [6.45, 7) is 6.41. The molecule has 4 heteroatoms. The van der Waals surface area contributed by atoms with Gasteiger partial charge in [0.1, 0.15) is 0 Å². The van der Waals surface area contributed by atoms with Crippen LogP contribution in [0.25, 0.3) is 0 Å². The van der Waals surface area contributed by atoms with Crippen LogP contribution in [0.15, 0.2) is 24.3 Å². The third-order valence-corrected chi connectivity index (χ3v) is 6.16. The van der Waals surface area contributed by atoms with Gasteiger partial charge in [-0.1, -0.05) is 24.3 Å². The number of carbonyl (C=O) groups excluding carboxylic acids is 1. The van der Waals surface area contributed by atoms with Crippen molar-refractivity contribution in [1.29, 1.82) is 0 Å². The number of benzene rings is 1. The van der Waals surface area contributed by atoms with Crippen molar-refractivity contribution in [2.75, 3.05) is 26.2 Å². The Balaban J connectivity index is 0.00000156. The van der Waals surface area contributed by atoms with Crippen LogP contribution >= 0.6 is 12.4 Å². The van der Waals surface area contributed by atoms with Gasteiger partial charge < -0.3 is 10.2 Å². The van der Waals surface area contributed by atoms with Crippen LogP contribution in [0.3, 0.4) is 0 Å². The molecule has 2 unspecified atom stereocenters. The maximum absolute atomic E-state index is 12.8. The summed E-state index contributed by atoms with van der Waals surface area (Å²) in [5.41, 5.74) is 3.21. The van der Waals surface area contributed by atoms with Gasteiger partial charge in [0, 0.05) is 25.6 Å². The first-order chi connectivity index (χ1) is 10.7. The molecule has 1 aromatic rings.